The number of fused-ring (bicyclic) bond motifs is 2. The third kappa shape index (κ3) is 4.34. The topological polar surface area (TPSA) is 207 Å². The van der Waals surface area contributed by atoms with Gasteiger partial charge in [-0.2, -0.15) is 4.98 Å². The average molecular weight is 509 g/mol. The van der Waals surface area contributed by atoms with E-state index in [2.05, 4.69) is 24.8 Å². The number of H-pyrrole nitrogens is 1. The summed E-state index contributed by atoms with van der Waals surface area (Å²) in [7, 11) is -4.60. The van der Waals surface area contributed by atoms with Gasteiger partial charge in [-0.25, -0.2) is 4.98 Å². The van der Waals surface area contributed by atoms with E-state index < -0.39 is 37.9 Å². The smallest absolute Gasteiger partial charge is 0.280 e. The summed E-state index contributed by atoms with van der Waals surface area (Å²) in [6, 6.07) is 8.81. The summed E-state index contributed by atoms with van der Waals surface area (Å²) in [5, 5.41) is 13.7. The van der Waals surface area contributed by atoms with E-state index in [0.29, 0.717) is 5.69 Å². The monoisotopic (exact) mass is 509 g/mol. The maximum absolute atomic E-state index is 12.4. The van der Waals surface area contributed by atoms with Gasteiger partial charge in [0.15, 0.2) is 22.5 Å². The van der Waals surface area contributed by atoms with Crippen molar-refractivity contribution in [2.24, 2.45) is 0 Å². The molecule has 180 valence electrons. The van der Waals surface area contributed by atoms with Gasteiger partial charge in [0.05, 0.1) is 12.4 Å². The average Bonchev–Trinajstić information content (AvgIpc) is 3.29. The molecule has 5 N–H and O–H groups in total. The molecule has 0 bridgehead atoms. The van der Waals surface area contributed by atoms with Crippen molar-refractivity contribution in [3.63, 3.8) is 0 Å². The van der Waals surface area contributed by atoms with Gasteiger partial charge >= 0.3 is 0 Å². The van der Waals surface area contributed by atoms with Crippen molar-refractivity contribution in [3.05, 3.63) is 40.7 Å². The number of phosphoric ester groups is 1. The molecule has 1 aromatic carbocycles. The number of hydrogen-bond donors (Lipinski definition) is 4. The maximum Gasteiger partial charge on any atom is 0.280 e. The lowest BCUT2D eigenvalue weighted by Crippen LogP contribution is -2.41. The number of aliphatic hydroxyl groups is 1. The number of phosphoric acid groups is 1. The molecule has 2 aliphatic rings. The molecule has 5 atom stereocenters. The van der Waals surface area contributed by atoms with Crippen LogP contribution in [0.2, 0.25) is 0 Å². The first-order valence-electron chi connectivity index (χ1n) is 9.95. The van der Waals surface area contributed by atoms with Crippen LogP contribution in [0.5, 0.6) is 0 Å². The predicted octanol–water partition coefficient (Wildman–Crippen LogP) is -0.425. The zero-order chi connectivity index (χ0) is 24.0. The van der Waals surface area contributed by atoms with Crippen molar-refractivity contribution in [1.29, 1.82) is 0 Å². The minimum absolute atomic E-state index is 0.0128. The quantitative estimate of drug-likeness (QED) is 0.255. The lowest BCUT2D eigenvalue weighted by molar-refractivity contribution is -0.245. The van der Waals surface area contributed by atoms with Crippen LogP contribution in [0.1, 0.15) is 6.23 Å². The summed E-state index contributed by atoms with van der Waals surface area (Å²) in [6.45, 7) is -0.357. The first-order valence-corrected chi connectivity index (χ1v) is 12.4. The summed E-state index contributed by atoms with van der Waals surface area (Å²) in [4.78, 5) is 47.3. The molecule has 5 rings (SSSR count). The van der Waals surface area contributed by atoms with Crippen LogP contribution in [0.3, 0.4) is 0 Å². The Labute approximate surface area is 195 Å². The van der Waals surface area contributed by atoms with Gasteiger partial charge in [0.1, 0.15) is 18.3 Å². The number of nitrogens with one attached hydrogen (secondary N) is 2. The predicted molar refractivity (Wildman–Crippen MR) is 117 cm³/mol. The summed E-state index contributed by atoms with van der Waals surface area (Å²) in [5.74, 6) is -0.649. The molecule has 0 spiro atoms. The van der Waals surface area contributed by atoms with E-state index in [1.165, 1.54) is 4.57 Å². The molecule has 16 heteroatoms. The molecule has 4 heterocycles. The molecule has 3 aromatic rings. The number of rotatable bonds is 5. The molecule has 0 saturated carbocycles. The fourth-order valence-corrected chi connectivity index (χ4v) is 5.47. The number of anilines is 2. The molecule has 0 radical (unpaired) electrons. The van der Waals surface area contributed by atoms with Crippen LogP contribution >= 0.6 is 19.6 Å². The molecule has 0 aliphatic carbocycles. The van der Waals surface area contributed by atoms with Gasteiger partial charge in [-0.3, -0.25) is 23.7 Å². The van der Waals surface area contributed by atoms with E-state index in [0.717, 1.165) is 11.8 Å². The number of carbonyl (C=O) groups is 1. The van der Waals surface area contributed by atoms with Gasteiger partial charge in [-0.05, 0) is 12.1 Å². The Hall–Kier alpha value is -2.78. The minimum atomic E-state index is -4.60. The molecular weight excluding hydrogens is 491 g/mol. The van der Waals surface area contributed by atoms with Crippen LogP contribution < -0.4 is 21.5 Å². The largest absolute Gasteiger partial charge is 0.756 e. The first kappa shape index (κ1) is 23.0. The van der Waals surface area contributed by atoms with Gasteiger partial charge in [-0.1, -0.05) is 30.0 Å². The van der Waals surface area contributed by atoms with Gasteiger partial charge < -0.3 is 34.8 Å². The van der Waals surface area contributed by atoms with Crippen molar-refractivity contribution >= 4 is 48.3 Å². The van der Waals surface area contributed by atoms with Crippen LogP contribution in [0.25, 0.3) is 11.2 Å². The maximum atomic E-state index is 12.4. The van der Waals surface area contributed by atoms with Crippen LogP contribution in [-0.4, -0.2) is 61.2 Å². The van der Waals surface area contributed by atoms with Gasteiger partial charge in [0, 0.05) is 5.69 Å². The highest BCUT2D eigenvalue weighted by atomic mass is 32.2. The van der Waals surface area contributed by atoms with Crippen LogP contribution in [-0.2, 0) is 23.1 Å². The van der Waals surface area contributed by atoms with Gasteiger partial charge in [0.25, 0.3) is 13.4 Å². The third-order valence-electron chi connectivity index (χ3n) is 5.14. The SMILES string of the molecule is Nc1nc2c(nc(SCC(=O)Nc3ccccc3)n2[C@@H]2OC3COP(=O)([O-])O[C@H]3C2O)c(=O)[nH]1. The van der Waals surface area contributed by atoms with Crippen LogP contribution in [0.4, 0.5) is 11.6 Å². The van der Waals surface area contributed by atoms with Crippen LogP contribution in [0, 0.1) is 0 Å². The normalized spacial score (nSPS) is 28.6. The number of nitrogen functional groups attached to an aromatic ring is 1. The second-order valence-corrected chi connectivity index (χ2v) is 9.77. The molecular formula is C18H18N6O8PS-. The Morgan fingerprint density at radius 2 is 2.15 bits per heavy atom. The number of nitrogens with zero attached hydrogens (tertiary/aromatic N) is 3. The highest BCUT2D eigenvalue weighted by Crippen LogP contribution is 2.50. The number of aromatic amines is 1. The van der Waals surface area contributed by atoms with E-state index in [-0.39, 0.29) is 40.5 Å². The highest BCUT2D eigenvalue weighted by Gasteiger charge is 2.51. The number of ether oxygens (including phenoxy) is 1. The van der Waals surface area contributed by atoms with Crippen molar-refractivity contribution in [1.82, 2.24) is 19.5 Å². The number of hydrogen-bond acceptors (Lipinski definition) is 12. The number of carbonyl (C=O) groups excluding carboxylic acids is 1. The summed E-state index contributed by atoms with van der Waals surface area (Å²) >= 11 is 0.963. The van der Waals surface area contributed by atoms with Gasteiger partial charge in [0.2, 0.25) is 11.9 Å². The number of nitrogens with two attached hydrogens (primary N) is 1. The van der Waals surface area contributed by atoms with Crippen molar-refractivity contribution in [2.75, 3.05) is 23.4 Å². The number of aliphatic hydroxyl groups excluding tert-OH is 1. The first-order chi connectivity index (χ1) is 16.2. The minimum Gasteiger partial charge on any atom is -0.756 e. The van der Waals surface area contributed by atoms with E-state index in [4.69, 9.17) is 15.0 Å². The van der Waals surface area contributed by atoms with E-state index in [1.54, 1.807) is 24.3 Å². The number of aromatic nitrogens is 4. The van der Waals surface area contributed by atoms with E-state index in [9.17, 15) is 24.2 Å². The zero-order valence-electron chi connectivity index (χ0n) is 17.2. The molecule has 3 unspecified atom stereocenters. The highest BCUT2D eigenvalue weighted by molar-refractivity contribution is 7.99. The second kappa shape index (κ2) is 8.78. The fraction of sp³-hybridized carbons (Fsp3) is 0.333. The molecule has 34 heavy (non-hydrogen) atoms. The zero-order valence-corrected chi connectivity index (χ0v) is 18.9. The van der Waals surface area contributed by atoms with E-state index in [1.807, 2.05) is 6.07 Å². The van der Waals surface area contributed by atoms with Gasteiger partial charge in [-0.15, -0.1) is 0 Å². The second-order valence-electron chi connectivity index (χ2n) is 7.46. The molecule has 2 saturated heterocycles. The number of para-hydroxylation sites is 1. The summed E-state index contributed by atoms with van der Waals surface area (Å²) in [5.41, 5.74) is 5.55. The molecule has 2 aliphatic heterocycles. The Kier molecular flexibility index (Phi) is 5.93. The fourth-order valence-electron chi connectivity index (χ4n) is 3.70. The lowest BCUT2D eigenvalue weighted by Gasteiger charge is -2.34. The number of benzene rings is 1. The summed E-state index contributed by atoms with van der Waals surface area (Å²) < 4.78 is 28.3. The number of imidazole rings is 1. The Morgan fingerprint density at radius 1 is 1.38 bits per heavy atom. The molecule has 2 aromatic heterocycles. The molecule has 14 nitrogen and oxygen atoms in total. The Morgan fingerprint density at radius 3 is 2.91 bits per heavy atom. The Bertz CT molecular complexity index is 1350. The van der Waals surface area contributed by atoms with Crippen molar-refractivity contribution in [3.8, 4) is 0 Å². The van der Waals surface area contributed by atoms with Crippen molar-refractivity contribution < 1.29 is 33.1 Å². The standard InChI is InChI=1S/C18H19N6O8PS/c19-17-22-14-11(15(27)23-17)21-18(34-7-10(25)20-8-4-2-1-3-5-8)24(14)16-12(26)13-9(31-16)6-30-33(28,29)32-13/h1-5,9,12-13,16,26H,6-7H2,(H,20,25)(H,28,29)(H3,19,22,23,27)/p-1/t9?,12?,13-,16-/m1/s1. The molecule has 2 fully saturated rings. The summed E-state index contributed by atoms with van der Waals surface area (Å²) in [6.07, 6.45) is -4.87. The lowest BCUT2D eigenvalue weighted by atomic mass is 10.1. The van der Waals surface area contributed by atoms with E-state index >= 15 is 0 Å². The van der Waals surface area contributed by atoms with Crippen molar-refractivity contribution in [2.45, 2.75) is 29.7 Å². The number of thioether (sulfide) groups is 1. The Balaban J connectivity index is 1.47. The molecule has 1 amide bonds. The number of amides is 1. The van der Waals surface area contributed by atoms with Crippen LogP contribution in [0.15, 0.2) is 40.3 Å². The third-order valence-corrected chi connectivity index (χ3v) is 7.06.